The van der Waals surface area contributed by atoms with Crippen molar-refractivity contribution in [1.29, 1.82) is 0 Å². The Morgan fingerprint density at radius 1 is 0.978 bits per heavy atom. The molecule has 2 aliphatic heterocycles. The highest BCUT2D eigenvalue weighted by molar-refractivity contribution is 9.10. The molecule has 12 heteroatoms. The molecule has 1 aromatic heterocycles. The molecule has 0 aliphatic carbocycles. The van der Waals surface area contributed by atoms with Crippen molar-refractivity contribution in [3.8, 4) is 5.75 Å². The Morgan fingerprint density at radius 3 is 2.27 bits per heavy atom. The first kappa shape index (κ1) is 30.9. The summed E-state index contributed by atoms with van der Waals surface area (Å²) in [6, 6.07) is 24.0. The topological polar surface area (TPSA) is 103 Å². The molecular formula is C33H37BrN6O5. The minimum absolute atomic E-state index is 0.246. The fraction of sp³-hybridized carbons (Fsp3) is 0.364. The number of anilines is 3. The second-order valence-corrected chi connectivity index (χ2v) is 11.9. The van der Waals surface area contributed by atoms with Gasteiger partial charge in [-0.3, -0.25) is 5.32 Å². The average Bonchev–Trinajstić information content (AvgIpc) is 3.74. The fourth-order valence-corrected chi connectivity index (χ4v) is 5.74. The van der Waals surface area contributed by atoms with Crippen LogP contribution in [0.2, 0.25) is 0 Å². The number of hydrogen-bond acceptors (Lipinski definition) is 9. The quantitative estimate of drug-likeness (QED) is 0.215. The summed E-state index contributed by atoms with van der Waals surface area (Å²) in [4.78, 5) is 20.6. The van der Waals surface area contributed by atoms with Crippen molar-refractivity contribution in [2.45, 2.75) is 31.8 Å². The molecule has 0 spiro atoms. The van der Waals surface area contributed by atoms with Gasteiger partial charge >= 0.3 is 6.09 Å². The van der Waals surface area contributed by atoms with Gasteiger partial charge in [-0.15, -0.1) is 0 Å². The molecule has 11 nitrogen and oxygen atoms in total. The van der Waals surface area contributed by atoms with E-state index in [1.807, 2.05) is 67.6 Å². The number of nitrogens with one attached hydrogen (secondary N) is 1. The highest BCUT2D eigenvalue weighted by Gasteiger charge is 2.44. The van der Waals surface area contributed by atoms with Gasteiger partial charge in [0.15, 0.2) is 0 Å². The van der Waals surface area contributed by atoms with Crippen LogP contribution in [0.25, 0.3) is 0 Å². The van der Waals surface area contributed by atoms with Crippen LogP contribution in [0.1, 0.15) is 18.9 Å². The summed E-state index contributed by atoms with van der Waals surface area (Å²) in [5.74, 6) is -0.194. The second-order valence-electron chi connectivity index (χ2n) is 11.0. The minimum atomic E-state index is -0.977. The lowest BCUT2D eigenvalue weighted by molar-refractivity contribution is -0.190. The molecule has 1 N–H and O–H groups in total. The van der Waals surface area contributed by atoms with E-state index in [1.54, 1.807) is 11.0 Å². The van der Waals surface area contributed by atoms with Crippen molar-refractivity contribution >= 4 is 39.1 Å². The lowest BCUT2D eigenvalue weighted by atomic mass is 10.1. The summed E-state index contributed by atoms with van der Waals surface area (Å²) in [6.07, 6.45) is 3.29. The maximum Gasteiger partial charge on any atom is 0.411 e. The van der Waals surface area contributed by atoms with Gasteiger partial charge in [0, 0.05) is 53.3 Å². The molecule has 1 amide bonds. The molecule has 2 aliphatic rings. The molecule has 2 fully saturated rings. The third kappa shape index (κ3) is 7.75. The molecule has 236 valence electrons. The van der Waals surface area contributed by atoms with Crippen LogP contribution in [0.5, 0.6) is 5.75 Å². The monoisotopic (exact) mass is 676 g/mol. The third-order valence-corrected chi connectivity index (χ3v) is 8.34. The van der Waals surface area contributed by atoms with Crippen molar-refractivity contribution in [2.75, 3.05) is 61.1 Å². The predicted molar refractivity (Wildman–Crippen MR) is 175 cm³/mol. The standard InChI is InChI=1S/C33H37BrN6O5/c1-2-19-42-32(41)37-27-7-9-28(10-8-27)38-15-17-39(18-16-38)29-11-13-30(14-12-29)43-20-31-21-44-33(45-31,22-40-24-35-23-36-40)25-3-5-26(34)6-4-25/h3-14,23-24,31H,2,15-22H2,1H3,(H,37,41)/t31-,33-/m1/s1. The van der Waals surface area contributed by atoms with Crippen LogP contribution in [0, 0.1) is 0 Å². The number of aromatic nitrogens is 3. The fourth-order valence-electron chi connectivity index (χ4n) is 5.47. The summed E-state index contributed by atoms with van der Waals surface area (Å²) in [5, 5.41) is 7.02. The molecule has 45 heavy (non-hydrogen) atoms. The highest BCUT2D eigenvalue weighted by atomic mass is 79.9. The summed E-state index contributed by atoms with van der Waals surface area (Å²) in [5.41, 5.74) is 3.93. The van der Waals surface area contributed by atoms with Gasteiger partial charge < -0.3 is 28.7 Å². The first-order chi connectivity index (χ1) is 22.0. The maximum atomic E-state index is 11.8. The van der Waals surface area contributed by atoms with Crippen LogP contribution in [0.3, 0.4) is 0 Å². The largest absolute Gasteiger partial charge is 0.491 e. The molecule has 0 bridgehead atoms. The van der Waals surface area contributed by atoms with E-state index in [0.717, 1.165) is 65.4 Å². The number of halogens is 1. The number of rotatable bonds is 11. The Hall–Kier alpha value is -4.13. The zero-order valence-corrected chi connectivity index (χ0v) is 26.8. The van der Waals surface area contributed by atoms with Crippen LogP contribution in [0.15, 0.2) is 89.9 Å². The van der Waals surface area contributed by atoms with Crippen LogP contribution in [-0.4, -0.2) is 73.0 Å². The summed E-state index contributed by atoms with van der Waals surface area (Å²) in [6.45, 7) is 7.13. The van der Waals surface area contributed by atoms with E-state index in [-0.39, 0.29) is 6.10 Å². The molecule has 0 unspecified atom stereocenters. The van der Waals surface area contributed by atoms with Crippen LogP contribution < -0.4 is 19.9 Å². The van der Waals surface area contributed by atoms with Crippen molar-refractivity contribution in [3.05, 3.63) is 95.5 Å². The van der Waals surface area contributed by atoms with E-state index in [2.05, 4.69) is 53.3 Å². The maximum absolute atomic E-state index is 11.8. The molecule has 3 aromatic carbocycles. The predicted octanol–water partition coefficient (Wildman–Crippen LogP) is 5.67. The second kappa shape index (κ2) is 14.3. The SMILES string of the molecule is CCCOC(=O)Nc1ccc(N2CCN(c3ccc(OC[C@@H]4CO[C@@](Cn5cncn5)(c5ccc(Br)cc5)O4)cc3)CC2)cc1. The van der Waals surface area contributed by atoms with Gasteiger partial charge in [0.05, 0.1) is 13.2 Å². The Balaban J connectivity index is 0.986. The zero-order valence-electron chi connectivity index (χ0n) is 25.2. The molecule has 2 atom stereocenters. The van der Waals surface area contributed by atoms with Crippen LogP contribution >= 0.6 is 15.9 Å². The number of piperazine rings is 1. The van der Waals surface area contributed by atoms with E-state index >= 15 is 0 Å². The van der Waals surface area contributed by atoms with Crippen molar-refractivity contribution < 1.29 is 23.7 Å². The lowest BCUT2D eigenvalue weighted by Gasteiger charge is -2.37. The van der Waals surface area contributed by atoms with Gasteiger partial charge in [0.1, 0.15) is 37.7 Å². The van der Waals surface area contributed by atoms with Gasteiger partial charge in [-0.05, 0) is 67.1 Å². The lowest BCUT2D eigenvalue weighted by Crippen LogP contribution is -2.46. The van der Waals surface area contributed by atoms with E-state index in [1.165, 1.54) is 6.33 Å². The first-order valence-corrected chi connectivity index (χ1v) is 16.0. The normalized spacial score (nSPS) is 19.8. The Morgan fingerprint density at radius 2 is 1.64 bits per heavy atom. The van der Waals surface area contributed by atoms with Crippen molar-refractivity contribution in [2.24, 2.45) is 0 Å². The molecule has 2 saturated heterocycles. The van der Waals surface area contributed by atoms with Gasteiger partial charge in [-0.2, -0.15) is 5.10 Å². The van der Waals surface area contributed by atoms with Gasteiger partial charge in [-0.1, -0.05) is 35.0 Å². The Bertz CT molecular complexity index is 1510. The van der Waals surface area contributed by atoms with Crippen LogP contribution in [0.4, 0.5) is 21.9 Å². The third-order valence-electron chi connectivity index (χ3n) is 7.81. The molecular weight excluding hydrogens is 640 g/mol. The van der Waals surface area contributed by atoms with Gasteiger partial charge in [0.25, 0.3) is 0 Å². The summed E-state index contributed by atoms with van der Waals surface area (Å²) < 4.78 is 26.7. The number of benzene rings is 3. The Kier molecular flexibility index (Phi) is 9.82. The zero-order chi connectivity index (χ0) is 31.1. The molecule has 0 saturated carbocycles. The van der Waals surface area contributed by atoms with E-state index in [4.69, 9.17) is 18.9 Å². The van der Waals surface area contributed by atoms with Crippen molar-refractivity contribution in [3.63, 3.8) is 0 Å². The smallest absolute Gasteiger partial charge is 0.411 e. The van der Waals surface area contributed by atoms with E-state index in [9.17, 15) is 4.79 Å². The molecule has 0 radical (unpaired) electrons. The molecule has 4 aromatic rings. The first-order valence-electron chi connectivity index (χ1n) is 15.2. The van der Waals surface area contributed by atoms with Crippen LogP contribution in [-0.2, 0) is 26.5 Å². The van der Waals surface area contributed by atoms with Crippen molar-refractivity contribution in [1.82, 2.24) is 14.8 Å². The summed E-state index contributed by atoms with van der Waals surface area (Å²) >= 11 is 3.50. The highest BCUT2D eigenvalue weighted by Crippen LogP contribution is 2.37. The molecule has 3 heterocycles. The number of ether oxygens (including phenoxy) is 4. The average molecular weight is 678 g/mol. The molecule has 6 rings (SSSR count). The Labute approximate surface area is 271 Å². The summed E-state index contributed by atoms with van der Waals surface area (Å²) in [7, 11) is 0. The van der Waals surface area contributed by atoms with Gasteiger partial charge in [-0.25, -0.2) is 14.5 Å². The number of hydrogen-bond donors (Lipinski definition) is 1. The number of carbonyl (C=O) groups is 1. The minimum Gasteiger partial charge on any atom is -0.491 e. The van der Waals surface area contributed by atoms with E-state index in [0.29, 0.717) is 26.4 Å². The van der Waals surface area contributed by atoms with E-state index < -0.39 is 11.9 Å². The number of nitrogens with zero attached hydrogens (tertiary/aromatic N) is 5. The van der Waals surface area contributed by atoms with Gasteiger partial charge in [0.2, 0.25) is 5.79 Å². The number of amides is 1. The number of carbonyl (C=O) groups excluding carboxylic acids is 1.